The molecule has 90 valence electrons. The smallest absolute Gasteiger partial charge is 0.187 e. The first-order valence-electron chi connectivity index (χ1n) is 5.24. The molecule has 0 amide bonds. The summed E-state index contributed by atoms with van der Waals surface area (Å²) in [7, 11) is 0. The molecule has 1 aromatic heterocycles. The largest absolute Gasteiger partial charge is 0.395 e. The van der Waals surface area contributed by atoms with Gasteiger partial charge in [0.1, 0.15) is 0 Å². The molecule has 1 aromatic rings. The van der Waals surface area contributed by atoms with Gasteiger partial charge in [-0.05, 0) is 6.26 Å². The van der Waals surface area contributed by atoms with Gasteiger partial charge in [0.25, 0.3) is 0 Å². The standard InChI is InChI=1S/C10H18N4OS/c1-16-10-13-7-9(8-14-10)6-12-3-2-11-4-5-15/h7-8,11-12,15H,2-6H2,1H3. The third-order valence-corrected chi connectivity index (χ3v) is 2.54. The minimum Gasteiger partial charge on any atom is -0.395 e. The van der Waals surface area contributed by atoms with E-state index in [0.29, 0.717) is 6.54 Å². The second kappa shape index (κ2) is 8.46. The predicted molar refractivity (Wildman–Crippen MR) is 65.5 cm³/mol. The second-order valence-electron chi connectivity index (χ2n) is 3.23. The molecule has 0 aliphatic carbocycles. The highest BCUT2D eigenvalue weighted by Crippen LogP contribution is 2.06. The first-order chi connectivity index (χ1) is 7.86. The molecular formula is C10H18N4OS. The number of nitrogens with one attached hydrogen (secondary N) is 2. The Morgan fingerprint density at radius 3 is 2.50 bits per heavy atom. The summed E-state index contributed by atoms with van der Waals surface area (Å²) in [6.07, 6.45) is 5.64. The summed E-state index contributed by atoms with van der Waals surface area (Å²) in [6, 6.07) is 0. The van der Waals surface area contributed by atoms with Crippen molar-refractivity contribution >= 4 is 11.8 Å². The normalized spacial score (nSPS) is 10.6. The van der Waals surface area contributed by atoms with E-state index >= 15 is 0 Å². The van der Waals surface area contributed by atoms with Crippen LogP contribution in [0.2, 0.25) is 0 Å². The van der Waals surface area contributed by atoms with Crippen LogP contribution < -0.4 is 10.6 Å². The molecule has 1 heterocycles. The summed E-state index contributed by atoms with van der Waals surface area (Å²) in [6.45, 7) is 3.32. The Morgan fingerprint density at radius 1 is 1.19 bits per heavy atom. The number of hydrogen-bond donors (Lipinski definition) is 3. The second-order valence-corrected chi connectivity index (χ2v) is 4.00. The van der Waals surface area contributed by atoms with Crippen molar-refractivity contribution in [3.63, 3.8) is 0 Å². The fraction of sp³-hybridized carbons (Fsp3) is 0.600. The zero-order chi connectivity index (χ0) is 11.6. The van der Waals surface area contributed by atoms with Gasteiger partial charge in [0.2, 0.25) is 0 Å². The van der Waals surface area contributed by atoms with Gasteiger partial charge < -0.3 is 15.7 Å². The average molecular weight is 242 g/mol. The summed E-state index contributed by atoms with van der Waals surface area (Å²) in [5, 5.41) is 15.7. The van der Waals surface area contributed by atoms with Gasteiger partial charge in [0, 0.05) is 44.1 Å². The maximum Gasteiger partial charge on any atom is 0.187 e. The van der Waals surface area contributed by atoms with Crippen molar-refractivity contribution in [1.82, 2.24) is 20.6 Å². The molecule has 0 unspecified atom stereocenters. The molecular weight excluding hydrogens is 224 g/mol. The topological polar surface area (TPSA) is 70.1 Å². The van der Waals surface area contributed by atoms with Gasteiger partial charge in [-0.15, -0.1) is 0 Å². The first kappa shape index (κ1) is 13.4. The van der Waals surface area contributed by atoms with Crippen molar-refractivity contribution in [2.75, 3.05) is 32.5 Å². The van der Waals surface area contributed by atoms with Crippen LogP contribution >= 0.6 is 11.8 Å². The van der Waals surface area contributed by atoms with Crippen molar-refractivity contribution in [1.29, 1.82) is 0 Å². The van der Waals surface area contributed by atoms with Crippen LogP contribution in [0.25, 0.3) is 0 Å². The van der Waals surface area contributed by atoms with Crippen molar-refractivity contribution in [2.45, 2.75) is 11.7 Å². The predicted octanol–water partition coefficient (Wildman–Crippen LogP) is -0.130. The lowest BCUT2D eigenvalue weighted by Crippen LogP contribution is -2.28. The highest BCUT2D eigenvalue weighted by atomic mass is 32.2. The van der Waals surface area contributed by atoms with Crippen LogP contribution in [0, 0.1) is 0 Å². The number of aliphatic hydroxyl groups excluding tert-OH is 1. The molecule has 0 aromatic carbocycles. The third kappa shape index (κ3) is 5.41. The van der Waals surface area contributed by atoms with Gasteiger partial charge in [0.15, 0.2) is 5.16 Å². The van der Waals surface area contributed by atoms with Gasteiger partial charge >= 0.3 is 0 Å². The monoisotopic (exact) mass is 242 g/mol. The van der Waals surface area contributed by atoms with Crippen LogP contribution in [0.5, 0.6) is 0 Å². The summed E-state index contributed by atoms with van der Waals surface area (Å²) in [5.74, 6) is 0. The van der Waals surface area contributed by atoms with Gasteiger partial charge in [-0.3, -0.25) is 0 Å². The Morgan fingerprint density at radius 2 is 1.88 bits per heavy atom. The lowest BCUT2D eigenvalue weighted by atomic mass is 10.3. The zero-order valence-electron chi connectivity index (χ0n) is 9.44. The maximum atomic E-state index is 8.55. The summed E-state index contributed by atoms with van der Waals surface area (Å²) >= 11 is 1.54. The molecule has 0 spiro atoms. The fourth-order valence-corrected chi connectivity index (χ4v) is 1.47. The van der Waals surface area contributed by atoms with Gasteiger partial charge in [-0.25, -0.2) is 9.97 Å². The lowest BCUT2D eigenvalue weighted by Gasteiger charge is -2.05. The van der Waals surface area contributed by atoms with Crippen LogP contribution in [0.1, 0.15) is 5.56 Å². The highest BCUT2D eigenvalue weighted by molar-refractivity contribution is 7.98. The van der Waals surface area contributed by atoms with Gasteiger partial charge in [0.05, 0.1) is 6.61 Å². The van der Waals surface area contributed by atoms with Gasteiger partial charge in [-0.2, -0.15) is 0 Å². The Balaban J connectivity index is 2.12. The summed E-state index contributed by atoms with van der Waals surface area (Å²) in [5.41, 5.74) is 1.08. The molecule has 1 rings (SSSR count). The molecule has 0 saturated heterocycles. The highest BCUT2D eigenvalue weighted by Gasteiger charge is 1.95. The molecule has 16 heavy (non-hydrogen) atoms. The molecule has 0 atom stereocenters. The molecule has 3 N–H and O–H groups in total. The van der Waals surface area contributed by atoms with E-state index in [-0.39, 0.29) is 6.61 Å². The Bertz CT molecular complexity index is 281. The SMILES string of the molecule is CSc1ncc(CNCCNCCO)cn1. The van der Waals surface area contributed by atoms with Crippen molar-refractivity contribution in [3.8, 4) is 0 Å². The Labute approximate surface area is 100 Å². The van der Waals surface area contributed by atoms with E-state index in [1.807, 2.05) is 18.6 Å². The van der Waals surface area contributed by atoms with E-state index in [1.54, 1.807) is 0 Å². The Hall–Kier alpha value is -0.690. The van der Waals surface area contributed by atoms with Crippen molar-refractivity contribution in [3.05, 3.63) is 18.0 Å². The van der Waals surface area contributed by atoms with E-state index in [9.17, 15) is 0 Å². The zero-order valence-corrected chi connectivity index (χ0v) is 10.3. The minimum atomic E-state index is 0.185. The molecule has 6 heteroatoms. The molecule has 0 radical (unpaired) electrons. The maximum absolute atomic E-state index is 8.55. The van der Waals surface area contributed by atoms with Gasteiger partial charge in [-0.1, -0.05) is 11.8 Å². The van der Waals surface area contributed by atoms with Crippen LogP contribution in [0.4, 0.5) is 0 Å². The summed E-state index contributed by atoms with van der Waals surface area (Å²) in [4.78, 5) is 8.38. The summed E-state index contributed by atoms with van der Waals surface area (Å²) < 4.78 is 0. The van der Waals surface area contributed by atoms with Crippen molar-refractivity contribution < 1.29 is 5.11 Å². The van der Waals surface area contributed by atoms with E-state index in [2.05, 4.69) is 20.6 Å². The number of aliphatic hydroxyl groups is 1. The van der Waals surface area contributed by atoms with Crippen LogP contribution in [-0.2, 0) is 6.54 Å². The molecule has 0 aliphatic heterocycles. The third-order valence-electron chi connectivity index (χ3n) is 1.96. The van der Waals surface area contributed by atoms with Crippen LogP contribution in [-0.4, -0.2) is 47.6 Å². The van der Waals surface area contributed by atoms with Crippen LogP contribution in [0.15, 0.2) is 17.6 Å². The quantitative estimate of drug-likeness (QED) is 0.335. The van der Waals surface area contributed by atoms with E-state index in [0.717, 1.165) is 30.4 Å². The number of aromatic nitrogens is 2. The van der Waals surface area contributed by atoms with E-state index in [1.165, 1.54) is 11.8 Å². The number of nitrogens with zero attached hydrogens (tertiary/aromatic N) is 2. The molecule has 0 aliphatic rings. The Kier molecular flexibility index (Phi) is 7.07. The van der Waals surface area contributed by atoms with Crippen LogP contribution in [0.3, 0.4) is 0 Å². The molecule has 5 nitrogen and oxygen atoms in total. The van der Waals surface area contributed by atoms with E-state index in [4.69, 9.17) is 5.11 Å². The number of rotatable bonds is 8. The fourth-order valence-electron chi connectivity index (χ4n) is 1.15. The minimum absolute atomic E-state index is 0.185. The molecule has 0 fully saturated rings. The molecule has 0 bridgehead atoms. The number of thioether (sulfide) groups is 1. The number of hydrogen-bond acceptors (Lipinski definition) is 6. The van der Waals surface area contributed by atoms with Crippen molar-refractivity contribution in [2.24, 2.45) is 0 Å². The molecule has 0 saturated carbocycles. The lowest BCUT2D eigenvalue weighted by molar-refractivity contribution is 0.292. The average Bonchev–Trinajstić information content (AvgIpc) is 2.34. The van der Waals surface area contributed by atoms with E-state index < -0.39 is 0 Å². The first-order valence-corrected chi connectivity index (χ1v) is 6.46.